The van der Waals surface area contributed by atoms with Gasteiger partial charge in [-0.05, 0) is 49.7 Å². The minimum absolute atomic E-state index is 0.253. The first-order chi connectivity index (χ1) is 12.1. The third kappa shape index (κ3) is 4.50. The first-order valence-corrected chi connectivity index (χ1v) is 8.22. The van der Waals surface area contributed by atoms with Gasteiger partial charge in [-0.15, -0.1) is 0 Å². The van der Waals surface area contributed by atoms with E-state index in [9.17, 15) is 4.39 Å². The monoisotopic (exact) mass is 337 g/mol. The van der Waals surface area contributed by atoms with Crippen molar-refractivity contribution in [3.05, 3.63) is 60.7 Å². The van der Waals surface area contributed by atoms with Crippen LogP contribution in [0.25, 0.3) is 11.3 Å². The summed E-state index contributed by atoms with van der Waals surface area (Å²) in [4.78, 5) is 13.3. The van der Waals surface area contributed by atoms with Crippen molar-refractivity contribution in [2.75, 3.05) is 10.6 Å². The summed E-state index contributed by atoms with van der Waals surface area (Å²) in [5, 5.41) is 6.49. The van der Waals surface area contributed by atoms with Gasteiger partial charge in [0.2, 0.25) is 5.95 Å². The van der Waals surface area contributed by atoms with Crippen LogP contribution in [-0.4, -0.2) is 21.0 Å². The summed E-state index contributed by atoms with van der Waals surface area (Å²) in [6.07, 6.45) is 4.44. The molecule has 0 aliphatic rings. The van der Waals surface area contributed by atoms with Crippen LogP contribution in [0.15, 0.2) is 54.9 Å². The molecule has 0 aliphatic heterocycles. The Labute approximate surface area is 146 Å². The number of benzene rings is 1. The maximum atomic E-state index is 13.1. The second-order valence-electron chi connectivity index (χ2n) is 5.79. The minimum atomic E-state index is -0.275. The molecule has 3 rings (SSSR count). The van der Waals surface area contributed by atoms with Crippen LogP contribution in [0.5, 0.6) is 0 Å². The van der Waals surface area contributed by atoms with E-state index in [-0.39, 0.29) is 11.9 Å². The molecule has 0 fully saturated rings. The van der Waals surface area contributed by atoms with Gasteiger partial charge in [-0.3, -0.25) is 4.98 Å². The van der Waals surface area contributed by atoms with Gasteiger partial charge in [0.15, 0.2) is 0 Å². The summed E-state index contributed by atoms with van der Waals surface area (Å²) in [5.74, 6) is 0.898. The molecule has 128 valence electrons. The zero-order valence-corrected chi connectivity index (χ0v) is 14.2. The Kier molecular flexibility index (Phi) is 5.18. The number of hydrogen-bond donors (Lipinski definition) is 2. The minimum Gasteiger partial charge on any atom is -0.352 e. The molecule has 5 nitrogen and oxygen atoms in total. The quantitative estimate of drug-likeness (QED) is 0.686. The van der Waals surface area contributed by atoms with Crippen molar-refractivity contribution >= 4 is 17.5 Å². The smallest absolute Gasteiger partial charge is 0.225 e. The van der Waals surface area contributed by atoms with Gasteiger partial charge in [0.05, 0.1) is 5.69 Å². The number of anilines is 3. The molecule has 1 aromatic carbocycles. The van der Waals surface area contributed by atoms with E-state index in [0.29, 0.717) is 11.8 Å². The topological polar surface area (TPSA) is 62.7 Å². The molecule has 0 aliphatic carbocycles. The molecule has 0 radical (unpaired) electrons. The molecular weight excluding hydrogens is 317 g/mol. The highest BCUT2D eigenvalue weighted by Gasteiger charge is 2.09. The highest BCUT2D eigenvalue weighted by Crippen LogP contribution is 2.23. The maximum absolute atomic E-state index is 13.1. The Morgan fingerprint density at radius 2 is 1.92 bits per heavy atom. The van der Waals surface area contributed by atoms with Crippen LogP contribution in [0.2, 0.25) is 0 Å². The van der Waals surface area contributed by atoms with Crippen LogP contribution in [0.4, 0.5) is 21.8 Å². The van der Waals surface area contributed by atoms with Crippen molar-refractivity contribution in [1.82, 2.24) is 15.0 Å². The van der Waals surface area contributed by atoms with Crippen molar-refractivity contribution in [3.63, 3.8) is 0 Å². The van der Waals surface area contributed by atoms with Gasteiger partial charge < -0.3 is 10.6 Å². The van der Waals surface area contributed by atoms with Crippen molar-refractivity contribution in [3.8, 4) is 11.3 Å². The average molecular weight is 337 g/mol. The summed E-state index contributed by atoms with van der Waals surface area (Å²) in [5.41, 5.74) is 2.42. The van der Waals surface area contributed by atoms with Crippen LogP contribution in [0.3, 0.4) is 0 Å². The molecule has 0 saturated heterocycles. The van der Waals surface area contributed by atoms with Gasteiger partial charge >= 0.3 is 0 Å². The van der Waals surface area contributed by atoms with Crippen molar-refractivity contribution in [2.45, 2.75) is 26.3 Å². The fourth-order valence-corrected chi connectivity index (χ4v) is 2.24. The first-order valence-electron chi connectivity index (χ1n) is 8.22. The van der Waals surface area contributed by atoms with E-state index in [0.717, 1.165) is 23.4 Å². The van der Waals surface area contributed by atoms with Gasteiger partial charge in [0.25, 0.3) is 0 Å². The second kappa shape index (κ2) is 7.70. The number of nitrogens with one attached hydrogen (secondary N) is 2. The zero-order chi connectivity index (χ0) is 17.6. The zero-order valence-electron chi connectivity index (χ0n) is 14.2. The van der Waals surface area contributed by atoms with Crippen LogP contribution in [0.1, 0.15) is 20.3 Å². The average Bonchev–Trinajstić information content (AvgIpc) is 2.64. The van der Waals surface area contributed by atoms with Crippen molar-refractivity contribution in [1.29, 1.82) is 0 Å². The van der Waals surface area contributed by atoms with E-state index in [1.54, 1.807) is 24.5 Å². The Morgan fingerprint density at radius 3 is 2.60 bits per heavy atom. The second-order valence-corrected chi connectivity index (χ2v) is 5.79. The predicted octanol–water partition coefficient (Wildman–Crippen LogP) is 4.63. The molecule has 0 spiro atoms. The lowest BCUT2D eigenvalue weighted by atomic mass is 10.2. The summed E-state index contributed by atoms with van der Waals surface area (Å²) in [6.45, 7) is 4.17. The fraction of sp³-hybridized carbons (Fsp3) is 0.211. The normalized spacial score (nSPS) is 11.8. The number of halogens is 1. The Morgan fingerprint density at radius 1 is 1.12 bits per heavy atom. The van der Waals surface area contributed by atoms with E-state index in [1.165, 1.54) is 12.1 Å². The van der Waals surface area contributed by atoms with Crippen molar-refractivity contribution in [2.24, 2.45) is 0 Å². The summed E-state index contributed by atoms with van der Waals surface area (Å²) in [7, 11) is 0. The van der Waals surface area contributed by atoms with Crippen molar-refractivity contribution < 1.29 is 4.39 Å². The lowest BCUT2D eigenvalue weighted by Gasteiger charge is -2.14. The summed E-state index contributed by atoms with van der Waals surface area (Å²) in [6, 6.07) is 12.1. The molecular formula is C19H20FN5. The molecule has 2 aromatic heterocycles. The Bertz CT molecular complexity index is 821. The van der Waals surface area contributed by atoms with Crippen LogP contribution < -0.4 is 10.6 Å². The van der Waals surface area contributed by atoms with Gasteiger partial charge in [-0.2, -0.15) is 4.98 Å². The van der Waals surface area contributed by atoms with Crippen LogP contribution in [-0.2, 0) is 0 Å². The highest BCUT2D eigenvalue weighted by molar-refractivity contribution is 5.66. The van der Waals surface area contributed by atoms with Gasteiger partial charge in [-0.1, -0.05) is 6.92 Å². The lowest BCUT2D eigenvalue weighted by Crippen LogP contribution is -2.16. The summed E-state index contributed by atoms with van der Waals surface area (Å²) < 4.78 is 13.1. The molecule has 0 bridgehead atoms. The van der Waals surface area contributed by atoms with E-state index in [4.69, 9.17) is 0 Å². The number of rotatable bonds is 6. The third-order valence-electron chi connectivity index (χ3n) is 3.79. The molecule has 0 saturated carbocycles. The van der Waals surface area contributed by atoms with E-state index < -0.39 is 0 Å². The summed E-state index contributed by atoms with van der Waals surface area (Å²) >= 11 is 0. The predicted molar refractivity (Wildman–Crippen MR) is 98.3 cm³/mol. The van der Waals surface area contributed by atoms with Gasteiger partial charge in [0.1, 0.15) is 11.6 Å². The molecule has 25 heavy (non-hydrogen) atoms. The van der Waals surface area contributed by atoms with E-state index in [1.807, 2.05) is 18.2 Å². The number of nitrogens with zero attached hydrogens (tertiary/aromatic N) is 3. The van der Waals surface area contributed by atoms with E-state index >= 15 is 0 Å². The highest BCUT2D eigenvalue weighted by atomic mass is 19.1. The Hall–Kier alpha value is -3.02. The van der Waals surface area contributed by atoms with Gasteiger partial charge in [0, 0.05) is 35.8 Å². The molecule has 2 N–H and O–H groups in total. The fourth-order valence-electron chi connectivity index (χ4n) is 2.24. The van der Waals surface area contributed by atoms with Gasteiger partial charge in [-0.25, -0.2) is 9.37 Å². The van der Waals surface area contributed by atoms with E-state index in [2.05, 4.69) is 39.4 Å². The lowest BCUT2D eigenvalue weighted by molar-refractivity contribution is 0.628. The standard InChI is InChI=1S/C19H20FN5/c1-3-13(2)22-19-24-17(14-5-4-10-21-12-14)11-18(25-19)23-16-8-6-15(20)7-9-16/h4-13H,3H2,1-2H3,(H2,22,23,24,25)/t13-/m1/s1. The number of hydrogen-bond acceptors (Lipinski definition) is 5. The van der Waals surface area contributed by atoms with Crippen LogP contribution >= 0.6 is 0 Å². The largest absolute Gasteiger partial charge is 0.352 e. The third-order valence-corrected chi connectivity index (χ3v) is 3.79. The first kappa shape index (κ1) is 16.8. The maximum Gasteiger partial charge on any atom is 0.225 e. The molecule has 2 heterocycles. The molecule has 0 unspecified atom stereocenters. The SMILES string of the molecule is CC[C@@H](C)Nc1nc(Nc2ccc(F)cc2)cc(-c2cccnc2)n1. The number of aromatic nitrogens is 3. The molecule has 3 aromatic rings. The molecule has 0 amide bonds. The van der Waals surface area contributed by atoms with Crippen LogP contribution in [0, 0.1) is 5.82 Å². The molecule has 6 heteroatoms. The Balaban J connectivity index is 1.95. The number of pyridine rings is 1. The molecule has 1 atom stereocenters.